The van der Waals surface area contributed by atoms with E-state index in [4.69, 9.17) is 10.8 Å². The summed E-state index contributed by atoms with van der Waals surface area (Å²) in [6.07, 6.45) is 8.29. The second kappa shape index (κ2) is 11.4. The first kappa shape index (κ1) is 27.3. The molecular weight excluding hydrogens is 442 g/mol. The third-order valence-electron chi connectivity index (χ3n) is 5.71. The van der Waals surface area contributed by atoms with Gasteiger partial charge in [-0.2, -0.15) is 0 Å². The molecular formula is C28H39NO2SSi. The summed E-state index contributed by atoms with van der Waals surface area (Å²) in [5.41, 5.74) is 0. The second-order valence-corrected chi connectivity index (χ2v) is 16.7. The molecule has 5 heteroatoms. The Bertz CT molecular complexity index is 916. The molecule has 0 heterocycles. The van der Waals surface area contributed by atoms with E-state index in [9.17, 15) is 4.21 Å². The number of rotatable bonds is 10. The lowest BCUT2D eigenvalue weighted by Crippen LogP contribution is -2.66. The molecule has 0 bridgehead atoms. The summed E-state index contributed by atoms with van der Waals surface area (Å²) >= 11 is 0. The first-order chi connectivity index (χ1) is 15.5. The van der Waals surface area contributed by atoms with Crippen LogP contribution in [0.4, 0.5) is 0 Å². The smallest absolute Gasteiger partial charge is 0.261 e. The fourth-order valence-electron chi connectivity index (χ4n) is 4.19. The van der Waals surface area contributed by atoms with Crippen molar-refractivity contribution in [2.24, 2.45) is 0 Å². The van der Waals surface area contributed by atoms with Crippen LogP contribution < -0.4 is 10.4 Å². The van der Waals surface area contributed by atoms with E-state index < -0.39 is 24.1 Å². The SMILES string of the molecule is C#C[C@@H](CCO[Si](c1ccccc1)(c1ccccc1)C(C)(C)C)N(CC=C)[S@](=O)C(C)(C)C. The molecule has 0 unspecified atom stereocenters. The maximum Gasteiger partial charge on any atom is 0.261 e. The van der Waals surface area contributed by atoms with Crippen LogP contribution in [-0.4, -0.2) is 40.8 Å². The highest BCUT2D eigenvalue weighted by Crippen LogP contribution is 2.37. The largest absolute Gasteiger partial charge is 0.407 e. The molecule has 0 aliphatic carbocycles. The zero-order valence-corrected chi connectivity index (χ0v) is 22.8. The average Bonchev–Trinajstić information content (AvgIpc) is 2.77. The molecule has 0 N–H and O–H groups in total. The van der Waals surface area contributed by atoms with Crippen molar-refractivity contribution < 1.29 is 8.63 Å². The molecule has 0 saturated heterocycles. The first-order valence-electron chi connectivity index (χ1n) is 11.5. The van der Waals surface area contributed by atoms with Crippen LogP contribution in [0.2, 0.25) is 5.04 Å². The molecule has 0 saturated carbocycles. The number of hydrogen-bond acceptors (Lipinski definition) is 2. The Morgan fingerprint density at radius 1 is 1.03 bits per heavy atom. The lowest BCUT2D eigenvalue weighted by Gasteiger charge is -2.43. The molecule has 2 rings (SSSR count). The summed E-state index contributed by atoms with van der Waals surface area (Å²) in [6, 6.07) is 20.8. The molecule has 0 radical (unpaired) electrons. The van der Waals surface area contributed by atoms with E-state index in [0.29, 0.717) is 19.6 Å². The highest BCUT2D eigenvalue weighted by Gasteiger charge is 2.50. The molecule has 0 spiro atoms. The normalized spacial score (nSPS) is 14.5. The van der Waals surface area contributed by atoms with Crippen LogP contribution in [0.5, 0.6) is 0 Å². The number of terminal acetylenes is 1. The van der Waals surface area contributed by atoms with Crippen LogP contribution in [0, 0.1) is 12.3 Å². The minimum Gasteiger partial charge on any atom is -0.407 e. The monoisotopic (exact) mass is 481 g/mol. The van der Waals surface area contributed by atoms with Crippen LogP contribution in [0.3, 0.4) is 0 Å². The van der Waals surface area contributed by atoms with Gasteiger partial charge in [0.2, 0.25) is 0 Å². The highest BCUT2D eigenvalue weighted by molar-refractivity contribution is 7.84. The van der Waals surface area contributed by atoms with Gasteiger partial charge in [-0.05, 0) is 42.6 Å². The number of hydrogen-bond donors (Lipinski definition) is 0. The van der Waals surface area contributed by atoms with Gasteiger partial charge in [0, 0.05) is 13.2 Å². The standard InChI is InChI=1S/C28H39NO2SSi/c1-9-22-29(32(30)27(3,4)5)24(10-2)21-23-31-33(28(6,7)8,25-17-13-11-14-18-25)26-19-15-12-16-20-26/h2,9,11-20,24H,1,21-23H2,3-8H3/t24-,32+/m0/s1. The predicted molar refractivity (Wildman–Crippen MR) is 146 cm³/mol. The Balaban J connectivity index is 2.41. The number of benzene rings is 2. The van der Waals surface area contributed by atoms with E-state index in [-0.39, 0.29) is 11.1 Å². The van der Waals surface area contributed by atoms with Crippen molar-refractivity contribution in [3.63, 3.8) is 0 Å². The van der Waals surface area contributed by atoms with Gasteiger partial charge in [-0.25, -0.2) is 8.51 Å². The van der Waals surface area contributed by atoms with Gasteiger partial charge >= 0.3 is 0 Å². The Morgan fingerprint density at radius 2 is 1.52 bits per heavy atom. The summed E-state index contributed by atoms with van der Waals surface area (Å²) in [5.74, 6) is 2.87. The molecule has 0 fully saturated rings. The summed E-state index contributed by atoms with van der Waals surface area (Å²) < 4.78 is 21.6. The molecule has 0 amide bonds. The van der Waals surface area contributed by atoms with Gasteiger partial charge in [-0.3, -0.25) is 0 Å². The van der Waals surface area contributed by atoms with Crippen LogP contribution in [0.25, 0.3) is 0 Å². The van der Waals surface area contributed by atoms with Crippen molar-refractivity contribution in [3.8, 4) is 12.3 Å². The molecule has 2 aromatic carbocycles. The van der Waals surface area contributed by atoms with E-state index in [1.807, 2.05) is 37.2 Å². The molecule has 0 aliphatic rings. The summed E-state index contributed by atoms with van der Waals surface area (Å²) in [5, 5.41) is 2.38. The van der Waals surface area contributed by atoms with Gasteiger partial charge in [-0.15, -0.1) is 13.0 Å². The molecule has 2 aromatic rings. The minimum absolute atomic E-state index is 0.101. The number of nitrogens with zero attached hydrogens (tertiary/aromatic N) is 1. The van der Waals surface area contributed by atoms with Crippen molar-refractivity contribution in [1.82, 2.24) is 4.31 Å². The quantitative estimate of drug-likeness (QED) is 0.274. The van der Waals surface area contributed by atoms with Gasteiger partial charge < -0.3 is 4.43 Å². The topological polar surface area (TPSA) is 29.5 Å². The third-order valence-corrected chi connectivity index (χ3v) is 12.6. The predicted octanol–water partition coefficient (Wildman–Crippen LogP) is 4.91. The lowest BCUT2D eigenvalue weighted by molar-refractivity contribution is 0.262. The van der Waals surface area contributed by atoms with Crippen molar-refractivity contribution in [1.29, 1.82) is 0 Å². The average molecular weight is 482 g/mol. The first-order valence-corrected chi connectivity index (χ1v) is 14.5. The Kier molecular flexibility index (Phi) is 9.45. The van der Waals surface area contributed by atoms with Crippen molar-refractivity contribution in [2.45, 2.75) is 63.8 Å². The van der Waals surface area contributed by atoms with Gasteiger partial charge in [-0.1, -0.05) is 93.4 Å². The van der Waals surface area contributed by atoms with Crippen LogP contribution >= 0.6 is 0 Å². The molecule has 178 valence electrons. The minimum atomic E-state index is -2.63. The van der Waals surface area contributed by atoms with E-state index in [1.54, 1.807) is 6.08 Å². The van der Waals surface area contributed by atoms with E-state index in [0.717, 1.165) is 0 Å². The second-order valence-electron chi connectivity index (χ2n) is 10.2. The zero-order chi connectivity index (χ0) is 24.7. The van der Waals surface area contributed by atoms with Gasteiger partial charge in [0.05, 0.1) is 10.8 Å². The molecule has 33 heavy (non-hydrogen) atoms. The third kappa shape index (κ3) is 6.33. The van der Waals surface area contributed by atoms with Crippen LogP contribution in [-0.2, 0) is 15.4 Å². The molecule has 3 nitrogen and oxygen atoms in total. The summed E-state index contributed by atoms with van der Waals surface area (Å²) in [7, 11) is -3.87. The van der Waals surface area contributed by atoms with E-state index in [2.05, 4.69) is 81.8 Å². The molecule has 2 atom stereocenters. The molecule has 0 aromatic heterocycles. The fourth-order valence-corrected chi connectivity index (χ4v) is 10.1. The Hall–Kier alpha value is -1.97. The summed E-state index contributed by atoms with van der Waals surface area (Å²) in [6.45, 7) is 17.5. The lowest BCUT2D eigenvalue weighted by atomic mass is 10.2. The maximum atomic E-state index is 13.2. The Labute approximate surface area is 205 Å². The van der Waals surface area contributed by atoms with Crippen LogP contribution in [0.15, 0.2) is 73.3 Å². The van der Waals surface area contributed by atoms with Gasteiger partial charge in [0.25, 0.3) is 8.32 Å². The molecule has 0 aliphatic heterocycles. The fraction of sp³-hybridized carbons (Fsp3) is 0.429. The summed E-state index contributed by atoms with van der Waals surface area (Å²) in [4.78, 5) is 0. The van der Waals surface area contributed by atoms with E-state index in [1.165, 1.54) is 10.4 Å². The van der Waals surface area contributed by atoms with Crippen molar-refractivity contribution in [3.05, 3.63) is 73.3 Å². The highest BCUT2D eigenvalue weighted by atomic mass is 32.2. The Morgan fingerprint density at radius 3 is 1.88 bits per heavy atom. The van der Waals surface area contributed by atoms with Crippen molar-refractivity contribution >= 4 is 29.7 Å². The van der Waals surface area contributed by atoms with Crippen molar-refractivity contribution in [2.75, 3.05) is 13.2 Å². The van der Waals surface area contributed by atoms with Gasteiger partial charge in [0.1, 0.15) is 11.0 Å². The van der Waals surface area contributed by atoms with Crippen LogP contribution in [0.1, 0.15) is 48.0 Å². The van der Waals surface area contributed by atoms with Gasteiger partial charge in [0.15, 0.2) is 0 Å². The van der Waals surface area contributed by atoms with E-state index >= 15 is 0 Å². The maximum absolute atomic E-state index is 13.2. The zero-order valence-electron chi connectivity index (χ0n) is 21.0.